The number of hydrogen-bond donors (Lipinski definition) is 3. The summed E-state index contributed by atoms with van der Waals surface area (Å²) in [5, 5.41) is 21.4. The predicted molar refractivity (Wildman–Crippen MR) is 132 cm³/mol. The number of nitrogens with zero attached hydrogens (tertiary/aromatic N) is 3. The first-order valence-electron chi connectivity index (χ1n) is 11.7. The van der Waals surface area contributed by atoms with Crippen LogP contribution in [-0.2, 0) is 18.4 Å². The van der Waals surface area contributed by atoms with E-state index in [9.17, 15) is 9.90 Å². The molecule has 2 heterocycles. The van der Waals surface area contributed by atoms with Gasteiger partial charge in [0.1, 0.15) is 0 Å². The van der Waals surface area contributed by atoms with E-state index >= 15 is 0 Å². The van der Waals surface area contributed by atoms with Gasteiger partial charge in [0, 0.05) is 44.5 Å². The molecule has 1 aliphatic heterocycles. The van der Waals surface area contributed by atoms with Crippen LogP contribution in [0.4, 0.5) is 0 Å². The maximum absolute atomic E-state index is 13.5. The fraction of sp³-hybridized carbons (Fsp3) is 0.538. The average Bonchev–Trinajstić information content (AvgIpc) is 3.35. The van der Waals surface area contributed by atoms with Gasteiger partial charge in [0.25, 0.3) is 0 Å². The fourth-order valence-electron chi connectivity index (χ4n) is 4.36. The van der Waals surface area contributed by atoms with Crippen molar-refractivity contribution in [2.45, 2.75) is 71.8 Å². The molecule has 33 heavy (non-hydrogen) atoms. The molecule has 0 unspecified atom stereocenters. The van der Waals surface area contributed by atoms with Crippen LogP contribution < -0.4 is 10.6 Å². The molecule has 1 saturated heterocycles. The third-order valence-corrected chi connectivity index (χ3v) is 6.17. The van der Waals surface area contributed by atoms with Crippen LogP contribution in [0.1, 0.15) is 46.6 Å². The minimum absolute atomic E-state index is 0.0150. The number of carbonyl (C=O) groups excluding carboxylic acids is 1. The normalized spacial score (nSPS) is 19.7. The van der Waals surface area contributed by atoms with Gasteiger partial charge in [-0.2, -0.15) is 5.10 Å². The largest absolute Gasteiger partial charge is 0.391 e. The number of aryl methyl sites for hydroxylation is 1. The average molecular weight is 454 g/mol. The minimum atomic E-state index is -0.546. The van der Waals surface area contributed by atoms with Gasteiger partial charge in [-0.15, -0.1) is 0 Å². The highest BCUT2D eigenvalue weighted by Crippen LogP contribution is 2.28. The lowest BCUT2D eigenvalue weighted by Gasteiger charge is -2.37. The van der Waals surface area contributed by atoms with Crippen molar-refractivity contribution in [3.8, 4) is 11.3 Å². The molecule has 1 aliphatic rings. The number of likely N-dealkylation sites (tertiary alicyclic amines) is 1. The fourth-order valence-corrected chi connectivity index (χ4v) is 4.36. The van der Waals surface area contributed by atoms with Crippen molar-refractivity contribution < 1.29 is 9.90 Å². The van der Waals surface area contributed by atoms with Crippen molar-refractivity contribution in [1.82, 2.24) is 25.3 Å². The Hall–Kier alpha value is -2.64. The summed E-state index contributed by atoms with van der Waals surface area (Å²) in [5.74, 6) is 0.0150. The third kappa shape index (κ3) is 6.03. The number of amides is 1. The monoisotopic (exact) mass is 453 g/mol. The quantitative estimate of drug-likeness (QED) is 0.572. The second-order valence-corrected chi connectivity index (χ2v) is 10.4. The van der Waals surface area contributed by atoms with Crippen molar-refractivity contribution in [2.75, 3.05) is 6.54 Å². The molecule has 0 bridgehead atoms. The molecular weight excluding hydrogens is 414 g/mol. The SMILES string of the molecule is C=C(NCc1ccc(-c2ccnn2C)cc1)[C@@H]1C[C@@H](O)CN1C(=O)[C@@H](NC(C)C)C(C)(C)C. The lowest BCUT2D eigenvalue weighted by molar-refractivity contribution is -0.137. The van der Waals surface area contributed by atoms with E-state index in [1.165, 1.54) is 0 Å². The molecule has 0 spiro atoms. The Morgan fingerprint density at radius 1 is 1.24 bits per heavy atom. The highest BCUT2D eigenvalue weighted by molar-refractivity contribution is 5.83. The summed E-state index contributed by atoms with van der Waals surface area (Å²) in [7, 11) is 1.93. The number of aliphatic hydroxyl groups excluding tert-OH is 1. The molecular formula is C26H39N5O2. The van der Waals surface area contributed by atoms with Crippen LogP contribution in [0.25, 0.3) is 11.3 Å². The van der Waals surface area contributed by atoms with Gasteiger partial charge in [-0.25, -0.2) is 0 Å². The first-order chi connectivity index (χ1) is 15.5. The van der Waals surface area contributed by atoms with E-state index in [0.717, 1.165) is 22.5 Å². The second-order valence-electron chi connectivity index (χ2n) is 10.4. The van der Waals surface area contributed by atoms with E-state index in [-0.39, 0.29) is 29.4 Å². The number of aromatic nitrogens is 2. The van der Waals surface area contributed by atoms with Gasteiger partial charge in [0.15, 0.2) is 0 Å². The minimum Gasteiger partial charge on any atom is -0.391 e. The van der Waals surface area contributed by atoms with E-state index in [4.69, 9.17) is 0 Å². The smallest absolute Gasteiger partial charge is 0.240 e. The van der Waals surface area contributed by atoms with Crippen LogP contribution in [0.5, 0.6) is 0 Å². The molecule has 7 heteroatoms. The van der Waals surface area contributed by atoms with Crippen molar-refractivity contribution in [2.24, 2.45) is 12.5 Å². The maximum atomic E-state index is 13.5. The Morgan fingerprint density at radius 2 is 1.91 bits per heavy atom. The Labute approximate surface area is 197 Å². The van der Waals surface area contributed by atoms with Crippen molar-refractivity contribution in [3.63, 3.8) is 0 Å². The van der Waals surface area contributed by atoms with Gasteiger partial charge in [-0.1, -0.05) is 65.5 Å². The first-order valence-corrected chi connectivity index (χ1v) is 11.7. The molecule has 3 N–H and O–H groups in total. The summed E-state index contributed by atoms with van der Waals surface area (Å²) >= 11 is 0. The van der Waals surface area contributed by atoms with Gasteiger partial charge in [0.2, 0.25) is 5.91 Å². The van der Waals surface area contributed by atoms with Crippen molar-refractivity contribution >= 4 is 5.91 Å². The third-order valence-electron chi connectivity index (χ3n) is 6.17. The molecule has 0 aliphatic carbocycles. The van der Waals surface area contributed by atoms with Crippen LogP contribution in [0.2, 0.25) is 0 Å². The number of benzene rings is 1. The van der Waals surface area contributed by atoms with Gasteiger partial charge < -0.3 is 20.6 Å². The van der Waals surface area contributed by atoms with E-state index in [2.05, 4.69) is 67.3 Å². The lowest BCUT2D eigenvalue weighted by atomic mass is 9.85. The molecule has 2 aromatic rings. The molecule has 1 aromatic heterocycles. The zero-order chi connectivity index (χ0) is 24.3. The summed E-state index contributed by atoms with van der Waals surface area (Å²) in [6, 6.07) is 9.92. The van der Waals surface area contributed by atoms with Gasteiger partial charge in [0.05, 0.1) is 23.9 Å². The topological polar surface area (TPSA) is 82.4 Å². The highest BCUT2D eigenvalue weighted by atomic mass is 16.3. The van der Waals surface area contributed by atoms with Crippen LogP contribution >= 0.6 is 0 Å². The molecule has 180 valence electrons. The molecule has 0 radical (unpaired) electrons. The highest BCUT2D eigenvalue weighted by Gasteiger charge is 2.42. The van der Waals surface area contributed by atoms with E-state index in [1.54, 1.807) is 11.1 Å². The number of nitrogens with one attached hydrogen (secondary N) is 2. The Bertz CT molecular complexity index is 958. The van der Waals surface area contributed by atoms with E-state index in [1.807, 2.05) is 31.6 Å². The van der Waals surface area contributed by atoms with Crippen LogP contribution in [0.3, 0.4) is 0 Å². The summed E-state index contributed by atoms with van der Waals surface area (Å²) < 4.78 is 1.85. The van der Waals surface area contributed by atoms with Crippen LogP contribution in [0, 0.1) is 5.41 Å². The second kappa shape index (κ2) is 10.1. The zero-order valence-electron chi connectivity index (χ0n) is 20.8. The summed E-state index contributed by atoms with van der Waals surface area (Å²) in [4.78, 5) is 15.3. The summed E-state index contributed by atoms with van der Waals surface area (Å²) in [5.41, 5.74) is 3.81. The standard InChI is InChI=1S/C26H39N5O2/c1-17(2)29-24(26(4,5)6)25(33)31-16-21(32)14-23(31)18(3)27-15-19-8-10-20(11-9-19)22-12-13-28-30(22)7/h8-13,17,21,23-24,27,29,32H,3,14-16H2,1-2,4-7H3/t21-,23+,24-/m1/s1. The Balaban J connectivity index is 1.66. The van der Waals surface area contributed by atoms with Gasteiger partial charge >= 0.3 is 0 Å². The molecule has 1 amide bonds. The number of hydrogen-bond acceptors (Lipinski definition) is 5. The van der Waals surface area contributed by atoms with Crippen molar-refractivity contribution in [1.29, 1.82) is 0 Å². The van der Waals surface area contributed by atoms with Gasteiger partial charge in [-0.05, 0) is 22.6 Å². The predicted octanol–water partition coefficient (Wildman–Crippen LogP) is 3.06. The number of carbonyl (C=O) groups is 1. The van der Waals surface area contributed by atoms with E-state index < -0.39 is 6.10 Å². The Kier molecular flexibility index (Phi) is 7.65. The number of rotatable bonds is 8. The molecule has 1 fully saturated rings. The molecule has 0 saturated carbocycles. The summed E-state index contributed by atoms with van der Waals surface area (Å²) in [6.07, 6.45) is 1.74. The number of β-amino-alcohol motifs (C(OH)–C–C–N with tert-alkyl or cyclic N) is 1. The van der Waals surface area contributed by atoms with Crippen LogP contribution in [0.15, 0.2) is 48.8 Å². The molecule has 3 atom stereocenters. The Morgan fingerprint density at radius 3 is 2.45 bits per heavy atom. The van der Waals surface area contributed by atoms with Crippen LogP contribution in [-0.4, -0.2) is 56.5 Å². The lowest BCUT2D eigenvalue weighted by Crippen LogP contribution is -2.56. The maximum Gasteiger partial charge on any atom is 0.240 e. The first kappa shape index (κ1) is 25.0. The van der Waals surface area contributed by atoms with Gasteiger partial charge in [-0.3, -0.25) is 9.48 Å². The summed E-state index contributed by atoms with van der Waals surface area (Å²) in [6.45, 7) is 15.4. The zero-order valence-corrected chi connectivity index (χ0v) is 20.8. The van der Waals surface area contributed by atoms with Crippen molar-refractivity contribution in [3.05, 3.63) is 54.4 Å². The number of aliphatic hydroxyl groups is 1. The molecule has 1 aromatic carbocycles. The van der Waals surface area contributed by atoms with E-state index in [0.29, 0.717) is 19.5 Å². The molecule has 3 rings (SSSR count). The molecule has 7 nitrogen and oxygen atoms in total.